The summed E-state index contributed by atoms with van der Waals surface area (Å²) in [5.74, 6) is 0. The van der Waals surface area contributed by atoms with Crippen LogP contribution in [0.5, 0.6) is 0 Å². The van der Waals surface area contributed by atoms with Crippen LogP contribution in [0, 0.1) is 11.3 Å². The number of anilines is 2. The quantitative estimate of drug-likeness (QED) is 0.786. The SMILES string of the molecule is COP(=O)(O)CCc1ccc(N2CCN(c3ccc(C#N)cc3)C2)cc1. The van der Waals surface area contributed by atoms with Crippen molar-refractivity contribution in [1.29, 1.82) is 5.26 Å². The zero-order valence-corrected chi connectivity index (χ0v) is 15.6. The van der Waals surface area contributed by atoms with Crippen molar-refractivity contribution < 1.29 is 14.0 Å². The Morgan fingerprint density at radius 2 is 1.62 bits per heavy atom. The fourth-order valence-electron chi connectivity index (χ4n) is 2.99. The van der Waals surface area contributed by atoms with Crippen LogP contribution < -0.4 is 9.80 Å². The van der Waals surface area contributed by atoms with E-state index in [9.17, 15) is 9.46 Å². The van der Waals surface area contributed by atoms with Gasteiger partial charge in [0.05, 0.1) is 24.5 Å². The van der Waals surface area contributed by atoms with Crippen LogP contribution in [-0.2, 0) is 15.5 Å². The van der Waals surface area contributed by atoms with Crippen molar-refractivity contribution in [2.45, 2.75) is 6.42 Å². The standard InChI is InChI=1S/C19H22N3O3P/c1-25-26(23,24)13-10-16-2-6-18(7-3-16)21-11-12-22(15-21)19-8-4-17(14-20)5-9-19/h2-9H,10-13,15H2,1H3,(H,23,24). The lowest BCUT2D eigenvalue weighted by atomic mass is 10.1. The average molecular weight is 371 g/mol. The van der Waals surface area contributed by atoms with Crippen LogP contribution in [0.25, 0.3) is 0 Å². The summed E-state index contributed by atoms with van der Waals surface area (Å²) in [6, 6.07) is 17.9. The molecule has 0 amide bonds. The molecule has 0 saturated carbocycles. The maximum atomic E-state index is 11.5. The van der Waals surface area contributed by atoms with Crippen molar-refractivity contribution in [2.75, 3.05) is 42.8 Å². The smallest absolute Gasteiger partial charge is 0.328 e. The molecule has 0 aliphatic carbocycles. The molecule has 1 N–H and O–H groups in total. The Hall–Kier alpha value is -2.32. The highest BCUT2D eigenvalue weighted by Gasteiger charge is 2.21. The summed E-state index contributed by atoms with van der Waals surface area (Å²) >= 11 is 0. The summed E-state index contributed by atoms with van der Waals surface area (Å²) in [5.41, 5.74) is 3.93. The molecule has 2 aromatic rings. The maximum absolute atomic E-state index is 11.5. The second-order valence-corrected chi connectivity index (χ2v) is 8.37. The molecule has 6 nitrogen and oxygen atoms in total. The van der Waals surface area contributed by atoms with E-state index in [1.807, 2.05) is 48.5 Å². The molecule has 1 atom stereocenters. The molecule has 1 fully saturated rings. The highest BCUT2D eigenvalue weighted by Crippen LogP contribution is 2.41. The van der Waals surface area contributed by atoms with E-state index in [2.05, 4.69) is 20.4 Å². The van der Waals surface area contributed by atoms with Gasteiger partial charge in [-0.15, -0.1) is 0 Å². The molecule has 0 spiro atoms. The molecular weight excluding hydrogens is 349 g/mol. The summed E-state index contributed by atoms with van der Waals surface area (Å²) < 4.78 is 16.2. The Morgan fingerprint density at radius 3 is 2.12 bits per heavy atom. The van der Waals surface area contributed by atoms with Gasteiger partial charge in [0.2, 0.25) is 0 Å². The molecule has 0 aromatic heterocycles. The number of hydrogen-bond acceptors (Lipinski definition) is 5. The third-order valence-electron chi connectivity index (χ3n) is 4.61. The fourth-order valence-corrected chi connectivity index (χ4v) is 3.72. The lowest BCUT2D eigenvalue weighted by molar-refractivity contribution is 0.316. The average Bonchev–Trinajstić information content (AvgIpc) is 3.17. The van der Waals surface area contributed by atoms with Gasteiger partial charge in [0, 0.05) is 31.6 Å². The molecular formula is C19H22N3O3P. The number of benzene rings is 2. The predicted octanol–water partition coefficient (Wildman–Crippen LogP) is 3.22. The van der Waals surface area contributed by atoms with E-state index in [1.54, 1.807) is 0 Å². The van der Waals surface area contributed by atoms with Gasteiger partial charge in [-0.2, -0.15) is 5.26 Å². The Kier molecular flexibility index (Phi) is 5.63. The monoisotopic (exact) mass is 371 g/mol. The van der Waals surface area contributed by atoms with Gasteiger partial charge in [-0.05, 0) is 48.4 Å². The molecule has 26 heavy (non-hydrogen) atoms. The van der Waals surface area contributed by atoms with Crippen LogP contribution in [0.15, 0.2) is 48.5 Å². The van der Waals surface area contributed by atoms with E-state index in [0.29, 0.717) is 12.0 Å². The van der Waals surface area contributed by atoms with E-state index < -0.39 is 7.60 Å². The number of nitrogens with zero attached hydrogens (tertiary/aromatic N) is 3. The maximum Gasteiger partial charge on any atom is 0.328 e. The van der Waals surface area contributed by atoms with Crippen molar-refractivity contribution in [3.05, 3.63) is 59.7 Å². The molecule has 136 valence electrons. The first-order valence-corrected chi connectivity index (χ1v) is 10.2. The predicted molar refractivity (Wildman–Crippen MR) is 103 cm³/mol. The van der Waals surface area contributed by atoms with E-state index >= 15 is 0 Å². The lowest BCUT2D eigenvalue weighted by Crippen LogP contribution is -2.24. The Morgan fingerprint density at radius 1 is 1.08 bits per heavy atom. The molecule has 0 radical (unpaired) electrons. The molecule has 0 bridgehead atoms. The molecule has 1 heterocycles. The molecule has 1 aliphatic rings. The Labute approximate surface area is 153 Å². The molecule has 1 saturated heterocycles. The van der Waals surface area contributed by atoms with E-state index in [-0.39, 0.29) is 6.16 Å². The first-order valence-electron chi connectivity index (χ1n) is 8.47. The van der Waals surface area contributed by atoms with Gasteiger partial charge in [-0.1, -0.05) is 12.1 Å². The van der Waals surface area contributed by atoms with Crippen molar-refractivity contribution in [3.63, 3.8) is 0 Å². The first-order chi connectivity index (χ1) is 12.5. The van der Waals surface area contributed by atoms with Crippen molar-refractivity contribution in [1.82, 2.24) is 0 Å². The number of rotatable bonds is 6. The van der Waals surface area contributed by atoms with Gasteiger partial charge >= 0.3 is 7.60 Å². The van der Waals surface area contributed by atoms with Crippen LogP contribution in [-0.4, -0.2) is 37.9 Å². The van der Waals surface area contributed by atoms with Crippen LogP contribution in [0.3, 0.4) is 0 Å². The zero-order chi connectivity index (χ0) is 18.6. The second kappa shape index (κ2) is 7.92. The van der Waals surface area contributed by atoms with Crippen molar-refractivity contribution >= 4 is 19.0 Å². The Bertz CT molecular complexity index is 831. The van der Waals surface area contributed by atoms with Gasteiger partial charge in [0.15, 0.2) is 0 Å². The fraction of sp³-hybridized carbons (Fsp3) is 0.316. The van der Waals surface area contributed by atoms with Gasteiger partial charge in [0.1, 0.15) is 0 Å². The van der Waals surface area contributed by atoms with E-state index in [4.69, 9.17) is 5.26 Å². The molecule has 1 aliphatic heterocycles. The van der Waals surface area contributed by atoms with Crippen LogP contribution >= 0.6 is 7.60 Å². The minimum absolute atomic E-state index is 0.124. The molecule has 1 unspecified atom stereocenters. The van der Waals surface area contributed by atoms with Gasteiger partial charge in [-0.3, -0.25) is 4.57 Å². The van der Waals surface area contributed by atoms with Crippen molar-refractivity contribution in [2.24, 2.45) is 0 Å². The Balaban J connectivity index is 1.60. The van der Waals surface area contributed by atoms with Gasteiger partial charge in [-0.25, -0.2) is 0 Å². The largest absolute Gasteiger partial charge is 0.352 e. The second-order valence-electron chi connectivity index (χ2n) is 6.29. The number of hydrogen-bond donors (Lipinski definition) is 1. The zero-order valence-electron chi connectivity index (χ0n) is 14.7. The third kappa shape index (κ3) is 4.44. The summed E-state index contributed by atoms with van der Waals surface area (Å²) in [6.07, 6.45) is 0.637. The normalized spacial score (nSPS) is 16.3. The molecule has 3 rings (SSSR count). The van der Waals surface area contributed by atoms with Crippen LogP contribution in [0.2, 0.25) is 0 Å². The van der Waals surface area contributed by atoms with E-state index in [0.717, 1.165) is 36.7 Å². The summed E-state index contributed by atoms with van der Waals surface area (Å²) in [5, 5.41) is 8.90. The lowest BCUT2D eigenvalue weighted by Gasteiger charge is -2.21. The van der Waals surface area contributed by atoms with Gasteiger partial charge in [0.25, 0.3) is 0 Å². The molecule has 7 heteroatoms. The minimum atomic E-state index is -3.46. The molecule has 2 aromatic carbocycles. The highest BCUT2D eigenvalue weighted by atomic mass is 31.2. The van der Waals surface area contributed by atoms with Crippen LogP contribution in [0.4, 0.5) is 11.4 Å². The van der Waals surface area contributed by atoms with Crippen LogP contribution in [0.1, 0.15) is 11.1 Å². The van der Waals surface area contributed by atoms with Crippen molar-refractivity contribution in [3.8, 4) is 6.07 Å². The summed E-state index contributed by atoms with van der Waals surface area (Å²) in [7, 11) is -2.20. The summed E-state index contributed by atoms with van der Waals surface area (Å²) in [4.78, 5) is 14.0. The number of aryl methyl sites for hydroxylation is 1. The third-order valence-corrected chi connectivity index (χ3v) is 5.97. The number of nitriles is 1. The van der Waals surface area contributed by atoms with Gasteiger partial charge < -0.3 is 19.2 Å². The minimum Gasteiger partial charge on any atom is -0.352 e. The summed E-state index contributed by atoms with van der Waals surface area (Å²) in [6.45, 7) is 2.64. The topological polar surface area (TPSA) is 76.8 Å². The highest BCUT2D eigenvalue weighted by molar-refractivity contribution is 7.52. The first kappa shape index (κ1) is 18.5. The van der Waals surface area contributed by atoms with E-state index in [1.165, 1.54) is 7.11 Å².